The summed E-state index contributed by atoms with van der Waals surface area (Å²) in [5.74, 6) is 0. The van der Waals surface area contributed by atoms with Gasteiger partial charge in [-0.2, -0.15) is 0 Å². The summed E-state index contributed by atoms with van der Waals surface area (Å²) in [5.41, 5.74) is 5.14. The minimum Gasteiger partial charge on any atom is -0.379 e. The molecule has 172 valence electrons. The van der Waals surface area contributed by atoms with Crippen LogP contribution < -0.4 is 10.0 Å². The van der Waals surface area contributed by atoms with E-state index in [0.29, 0.717) is 6.54 Å². The average Bonchev–Trinajstić information content (AvgIpc) is 3.30. The molecule has 0 spiro atoms. The Bertz CT molecular complexity index is 1370. The topological polar surface area (TPSA) is 96.5 Å². The maximum Gasteiger partial charge on any atom is 0.240 e. The average molecular weight is 484 g/mol. The number of rotatable bonds is 8. The third-order valence-electron chi connectivity index (χ3n) is 5.68. The van der Waals surface area contributed by atoms with Crippen LogP contribution in [0.2, 0.25) is 0 Å². The molecule has 0 saturated carbocycles. The van der Waals surface area contributed by atoms with E-state index >= 15 is 0 Å². The summed E-state index contributed by atoms with van der Waals surface area (Å²) in [5, 5.41) is 4.13. The molecule has 10 heteroatoms. The molecule has 8 nitrogen and oxygen atoms in total. The predicted octanol–water partition coefficient (Wildman–Crippen LogP) is 3.59. The van der Waals surface area contributed by atoms with Crippen molar-refractivity contribution in [1.29, 1.82) is 0 Å². The van der Waals surface area contributed by atoms with Gasteiger partial charge >= 0.3 is 0 Å². The molecule has 0 atom stereocenters. The normalized spacial score (nSPS) is 15.3. The zero-order chi connectivity index (χ0) is 22.7. The number of nitrogens with zero attached hydrogens (tertiary/aromatic N) is 3. The molecule has 0 radical (unpaired) electrons. The smallest absolute Gasteiger partial charge is 0.240 e. The molecule has 1 aliphatic rings. The summed E-state index contributed by atoms with van der Waals surface area (Å²) in [7, 11) is -3.62. The number of anilines is 2. The first kappa shape index (κ1) is 22.2. The van der Waals surface area contributed by atoms with Crippen LogP contribution in [0, 0.1) is 0 Å². The van der Waals surface area contributed by atoms with Gasteiger partial charge in [0.25, 0.3) is 0 Å². The Balaban J connectivity index is 1.32. The highest BCUT2D eigenvalue weighted by atomic mass is 32.2. The van der Waals surface area contributed by atoms with E-state index in [1.165, 1.54) is 0 Å². The van der Waals surface area contributed by atoms with Gasteiger partial charge in [0, 0.05) is 42.6 Å². The molecule has 4 aromatic rings. The van der Waals surface area contributed by atoms with Gasteiger partial charge in [0.05, 0.1) is 39.4 Å². The van der Waals surface area contributed by atoms with Crippen LogP contribution in [0.3, 0.4) is 0 Å². The lowest BCUT2D eigenvalue weighted by Gasteiger charge is -2.26. The van der Waals surface area contributed by atoms with E-state index in [1.807, 2.05) is 29.8 Å². The number of sulfonamides is 1. The van der Waals surface area contributed by atoms with Gasteiger partial charge < -0.3 is 10.1 Å². The number of fused-ring (bicyclic) bond motifs is 2. The maximum atomic E-state index is 12.9. The van der Waals surface area contributed by atoms with Crippen molar-refractivity contribution >= 4 is 53.9 Å². The highest BCUT2D eigenvalue weighted by Gasteiger charge is 2.16. The second-order valence-corrected chi connectivity index (χ2v) is 10.6. The Morgan fingerprint density at radius 1 is 1.03 bits per heavy atom. The molecule has 1 saturated heterocycles. The van der Waals surface area contributed by atoms with Crippen LogP contribution in [0.15, 0.2) is 59.1 Å². The highest BCUT2D eigenvalue weighted by molar-refractivity contribution is 7.89. The zero-order valence-corrected chi connectivity index (χ0v) is 19.7. The first-order valence-electron chi connectivity index (χ1n) is 10.9. The van der Waals surface area contributed by atoms with Gasteiger partial charge in [0.2, 0.25) is 10.0 Å². The number of thiazole rings is 1. The van der Waals surface area contributed by atoms with E-state index in [1.54, 1.807) is 35.7 Å². The first-order valence-corrected chi connectivity index (χ1v) is 13.2. The molecule has 5 rings (SSSR count). The molecular formula is C23H25N5O3S2. The summed E-state index contributed by atoms with van der Waals surface area (Å²) in [6.07, 6.45) is 2.46. The minimum atomic E-state index is -3.62. The Morgan fingerprint density at radius 2 is 1.91 bits per heavy atom. The number of nitrogens with one attached hydrogen (secondary N) is 2. The third kappa shape index (κ3) is 5.15. The largest absolute Gasteiger partial charge is 0.379 e. The fourth-order valence-electron chi connectivity index (χ4n) is 3.91. The fraction of sp³-hybridized carbons (Fsp3) is 0.304. The molecular weight excluding hydrogens is 458 g/mol. The number of ether oxygens (including phenoxy) is 1. The molecule has 0 bridgehead atoms. The van der Waals surface area contributed by atoms with E-state index in [9.17, 15) is 8.42 Å². The highest BCUT2D eigenvalue weighted by Crippen LogP contribution is 2.29. The van der Waals surface area contributed by atoms with Crippen LogP contribution in [-0.2, 0) is 14.8 Å². The van der Waals surface area contributed by atoms with Crippen molar-refractivity contribution in [1.82, 2.24) is 19.6 Å². The molecule has 2 N–H and O–H groups in total. The van der Waals surface area contributed by atoms with Gasteiger partial charge in [-0.1, -0.05) is 0 Å². The van der Waals surface area contributed by atoms with Crippen LogP contribution in [-0.4, -0.2) is 62.7 Å². The van der Waals surface area contributed by atoms with E-state index in [0.717, 1.165) is 71.8 Å². The zero-order valence-electron chi connectivity index (χ0n) is 18.0. The molecule has 2 aromatic heterocycles. The van der Waals surface area contributed by atoms with Crippen LogP contribution in [0.1, 0.15) is 6.42 Å². The van der Waals surface area contributed by atoms with Gasteiger partial charge in [0.15, 0.2) is 0 Å². The van der Waals surface area contributed by atoms with Crippen molar-refractivity contribution in [2.45, 2.75) is 11.3 Å². The standard InChI is InChI=1S/C23H25N5O3S2/c29-33(30,26-7-1-9-28-10-12-31-13-11-28)18-3-4-20-19(15-18)21(6-8-24-20)27-17-2-5-23-22(14-17)25-16-32-23/h2-6,8,14-16,26H,1,7,9-13H2,(H,24,27). The van der Waals surface area contributed by atoms with E-state index in [4.69, 9.17) is 4.74 Å². The minimum absolute atomic E-state index is 0.229. The van der Waals surface area contributed by atoms with Gasteiger partial charge in [-0.25, -0.2) is 18.1 Å². The molecule has 1 fully saturated rings. The van der Waals surface area contributed by atoms with Gasteiger partial charge in [-0.05, 0) is 55.4 Å². The quantitative estimate of drug-likeness (QED) is 0.370. The molecule has 33 heavy (non-hydrogen) atoms. The molecule has 2 aromatic carbocycles. The second-order valence-electron chi connectivity index (χ2n) is 7.90. The SMILES string of the molecule is O=S(=O)(NCCCN1CCOCC1)c1ccc2nccc(Nc3ccc4scnc4c3)c2c1. The number of hydrogen-bond donors (Lipinski definition) is 2. The number of pyridine rings is 1. The van der Waals surface area contributed by atoms with Crippen LogP contribution in [0.25, 0.3) is 21.1 Å². The van der Waals surface area contributed by atoms with Crippen molar-refractivity contribution in [2.24, 2.45) is 0 Å². The number of aromatic nitrogens is 2. The van der Waals surface area contributed by atoms with E-state index < -0.39 is 10.0 Å². The lowest BCUT2D eigenvalue weighted by molar-refractivity contribution is 0.0376. The molecule has 0 unspecified atom stereocenters. The summed E-state index contributed by atoms with van der Waals surface area (Å²) < 4.78 is 35.0. The Labute approximate surface area is 196 Å². The van der Waals surface area contributed by atoms with Crippen molar-refractivity contribution in [3.63, 3.8) is 0 Å². The Hall–Kier alpha value is -2.63. The summed E-state index contributed by atoms with van der Waals surface area (Å²) in [6, 6.07) is 12.9. The summed E-state index contributed by atoms with van der Waals surface area (Å²) in [6.45, 7) is 4.52. The van der Waals surface area contributed by atoms with E-state index in [2.05, 4.69) is 24.9 Å². The van der Waals surface area contributed by atoms with Gasteiger partial charge in [0.1, 0.15) is 0 Å². The predicted molar refractivity (Wildman–Crippen MR) is 132 cm³/mol. The van der Waals surface area contributed by atoms with Gasteiger partial charge in [-0.15, -0.1) is 11.3 Å². The lowest BCUT2D eigenvalue weighted by Crippen LogP contribution is -2.38. The van der Waals surface area contributed by atoms with Crippen molar-refractivity contribution < 1.29 is 13.2 Å². The first-order chi connectivity index (χ1) is 16.1. The van der Waals surface area contributed by atoms with Crippen molar-refractivity contribution in [2.75, 3.05) is 44.7 Å². The van der Waals surface area contributed by atoms with Crippen molar-refractivity contribution in [3.05, 3.63) is 54.2 Å². The molecule has 3 heterocycles. The third-order valence-corrected chi connectivity index (χ3v) is 7.95. The van der Waals surface area contributed by atoms with Crippen LogP contribution in [0.4, 0.5) is 11.4 Å². The second kappa shape index (κ2) is 9.70. The molecule has 1 aliphatic heterocycles. The van der Waals surface area contributed by atoms with Crippen molar-refractivity contribution in [3.8, 4) is 0 Å². The lowest BCUT2D eigenvalue weighted by atomic mass is 10.2. The number of hydrogen-bond acceptors (Lipinski definition) is 8. The van der Waals surface area contributed by atoms with Crippen LogP contribution >= 0.6 is 11.3 Å². The van der Waals surface area contributed by atoms with Gasteiger partial charge in [-0.3, -0.25) is 9.88 Å². The summed E-state index contributed by atoms with van der Waals surface area (Å²) >= 11 is 1.59. The Kier molecular flexibility index (Phi) is 6.52. The number of morpholine rings is 1. The Morgan fingerprint density at radius 3 is 2.79 bits per heavy atom. The number of benzene rings is 2. The van der Waals surface area contributed by atoms with E-state index in [-0.39, 0.29) is 4.90 Å². The fourth-order valence-corrected chi connectivity index (χ4v) is 5.67. The monoisotopic (exact) mass is 483 g/mol. The van der Waals surface area contributed by atoms with Crippen LogP contribution in [0.5, 0.6) is 0 Å². The summed E-state index contributed by atoms with van der Waals surface area (Å²) in [4.78, 5) is 11.3. The maximum absolute atomic E-state index is 12.9. The molecule has 0 amide bonds. The molecule has 0 aliphatic carbocycles.